The number of halogens is 2. The molecule has 1 N–H and O–H groups in total. The minimum Gasteiger partial charge on any atom is -0.489 e. The molecule has 0 radical (unpaired) electrons. The molecule has 3 rings (SSSR count). The van der Waals surface area contributed by atoms with Crippen molar-refractivity contribution in [1.82, 2.24) is 0 Å². The van der Waals surface area contributed by atoms with E-state index in [4.69, 9.17) is 27.9 Å². The van der Waals surface area contributed by atoms with Crippen LogP contribution >= 0.6 is 23.2 Å². The van der Waals surface area contributed by atoms with E-state index in [1.54, 1.807) is 0 Å². The molecule has 0 atom stereocenters. The first-order valence-corrected chi connectivity index (χ1v) is 9.23. The van der Waals surface area contributed by atoms with Crippen molar-refractivity contribution < 1.29 is 4.74 Å². The van der Waals surface area contributed by atoms with E-state index in [1.165, 1.54) is 5.56 Å². The van der Waals surface area contributed by atoms with Crippen LogP contribution in [0.3, 0.4) is 0 Å². The zero-order chi connectivity index (χ0) is 18.5. The molecule has 0 aliphatic rings. The summed E-state index contributed by atoms with van der Waals surface area (Å²) < 4.78 is 6.02. The lowest BCUT2D eigenvalue weighted by Crippen LogP contribution is -2.04. The highest BCUT2D eigenvalue weighted by atomic mass is 35.5. The third-order valence-corrected chi connectivity index (χ3v) is 4.83. The van der Waals surface area contributed by atoms with Crippen LogP contribution in [-0.2, 0) is 13.2 Å². The van der Waals surface area contributed by atoms with Gasteiger partial charge in [0.1, 0.15) is 12.4 Å². The predicted octanol–water partition coefficient (Wildman–Crippen LogP) is 6.80. The highest BCUT2D eigenvalue weighted by Gasteiger charge is 2.07. The third kappa shape index (κ3) is 4.94. The number of nitrogens with one attached hydrogen (secondary N) is 1. The van der Waals surface area contributed by atoms with E-state index in [0.717, 1.165) is 33.1 Å². The first-order chi connectivity index (χ1) is 12.5. The molecule has 3 aromatic carbocycles. The van der Waals surface area contributed by atoms with Gasteiger partial charge in [-0.05, 0) is 55.3 Å². The highest BCUT2D eigenvalue weighted by Crippen LogP contribution is 2.26. The summed E-state index contributed by atoms with van der Waals surface area (Å²) in [5.41, 5.74) is 5.39. The topological polar surface area (TPSA) is 21.3 Å². The standard InChI is InChI=1S/C22H21Cl2NO/c1-15-3-6-17(7-4-15)14-26-22-10-8-19(23)11-18(22)13-25-20-9-5-16(2)21(24)12-20/h3-12,25H,13-14H2,1-2H3. The van der Waals surface area contributed by atoms with Crippen LogP contribution in [0, 0.1) is 13.8 Å². The maximum Gasteiger partial charge on any atom is 0.124 e. The molecular formula is C22H21Cl2NO. The molecule has 4 heteroatoms. The van der Waals surface area contributed by atoms with Crippen molar-refractivity contribution in [2.75, 3.05) is 5.32 Å². The van der Waals surface area contributed by atoms with Gasteiger partial charge in [0.05, 0.1) is 0 Å². The lowest BCUT2D eigenvalue weighted by atomic mass is 10.1. The summed E-state index contributed by atoms with van der Waals surface area (Å²) in [7, 11) is 0. The maximum absolute atomic E-state index is 6.19. The number of aryl methyl sites for hydroxylation is 2. The van der Waals surface area contributed by atoms with Gasteiger partial charge in [0.25, 0.3) is 0 Å². The van der Waals surface area contributed by atoms with Crippen LogP contribution in [0.25, 0.3) is 0 Å². The Labute approximate surface area is 164 Å². The number of hydrogen-bond donors (Lipinski definition) is 1. The van der Waals surface area contributed by atoms with Gasteiger partial charge in [0.2, 0.25) is 0 Å². The molecule has 0 unspecified atom stereocenters. The van der Waals surface area contributed by atoms with Crippen molar-refractivity contribution >= 4 is 28.9 Å². The van der Waals surface area contributed by atoms with Crippen LogP contribution < -0.4 is 10.1 Å². The lowest BCUT2D eigenvalue weighted by Gasteiger charge is -2.14. The summed E-state index contributed by atoms with van der Waals surface area (Å²) in [6.07, 6.45) is 0. The van der Waals surface area contributed by atoms with Gasteiger partial charge < -0.3 is 10.1 Å². The van der Waals surface area contributed by atoms with Crippen molar-refractivity contribution in [2.24, 2.45) is 0 Å². The molecule has 0 aliphatic heterocycles. The first-order valence-electron chi connectivity index (χ1n) is 8.48. The van der Waals surface area contributed by atoms with Crippen molar-refractivity contribution in [1.29, 1.82) is 0 Å². The van der Waals surface area contributed by atoms with Crippen molar-refractivity contribution in [3.63, 3.8) is 0 Å². The van der Waals surface area contributed by atoms with Gasteiger partial charge in [-0.2, -0.15) is 0 Å². The molecule has 0 saturated carbocycles. The minimum absolute atomic E-state index is 0.519. The van der Waals surface area contributed by atoms with Gasteiger partial charge in [-0.15, -0.1) is 0 Å². The van der Waals surface area contributed by atoms with E-state index in [9.17, 15) is 0 Å². The molecule has 0 fully saturated rings. The summed E-state index contributed by atoms with van der Waals surface area (Å²) in [5, 5.41) is 4.81. The second-order valence-corrected chi connectivity index (χ2v) is 7.19. The van der Waals surface area contributed by atoms with Gasteiger partial charge in [0, 0.05) is 27.8 Å². The van der Waals surface area contributed by atoms with Gasteiger partial charge in [-0.3, -0.25) is 0 Å². The van der Waals surface area contributed by atoms with Crippen LogP contribution in [0.15, 0.2) is 60.7 Å². The quantitative estimate of drug-likeness (QED) is 0.503. The van der Waals surface area contributed by atoms with E-state index in [2.05, 4.69) is 36.5 Å². The van der Waals surface area contributed by atoms with E-state index in [-0.39, 0.29) is 0 Å². The number of ether oxygens (including phenoxy) is 1. The summed E-state index contributed by atoms with van der Waals surface area (Å²) in [4.78, 5) is 0. The van der Waals surface area contributed by atoms with E-state index in [1.807, 2.05) is 43.3 Å². The average molecular weight is 386 g/mol. The number of benzene rings is 3. The van der Waals surface area contributed by atoms with Gasteiger partial charge in [-0.1, -0.05) is 59.1 Å². The predicted molar refractivity (Wildman–Crippen MR) is 110 cm³/mol. The van der Waals surface area contributed by atoms with Crippen LogP contribution in [0.2, 0.25) is 10.0 Å². The first kappa shape index (κ1) is 18.6. The molecule has 0 spiro atoms. The fraction of sp³-hybridized carbons (Fsp3) is 0.182. The average Bonchev–Trinajstić information content (AvgIpc) is 2.63. The Morgan fingerprint density at radius 2 is 1.65 bits per heavy atom. The highest BCUT2D eigenvalue weighted by molar-refractivity contribution is 6.31. The lowest BCUT2D eigenvalue weighted by molar-refractivity contribution is 0.303. The second-order valence-electron chi connectivity index (χ2n) is 6.34. The van der Waals surface area contributed by atoms with E-state index in [0.29, 0.717) is 18.2 Å². The zero-order valence-corrected chi connectivity index (χ0v) is 16.4. The number of hydrogen-bond acceptors (Lipinski definition) is 2. The maximum atomic E-state index is 6.19. The Hall–Kier alpha value is -2.16. The van der Waals surface area contributed by atoms with Crippen molar-refractivity contribution in [3.05, 3.63) is 93.0 Å². The van der Waals surface area contributed by atoms with E-state index < -0.39 is 0 Å². The van der Waals surface area contributed by atoms with Crippen LogP contribution in [0.4, 0.5) is 5.69 Å². The molecule has 0 bridgehead atoms. The molecule has 0 aromatic heterocycles. The van der Waals surface area contributed by atoms with Crippen molar-refractivity contribution in [3.8, 4) is 5.75 Å². The molecule has 0 saturated heterocycles. The minimum atomic E-state index is 0.519. The molecule has 134 valence electrons. The Morgan fingerprint density at radius 3 is 2.38 bits per heavy atom. The Balaban J connectivity index is 1.70. The number of anilines is 1. The Morgan fingerprint density at radius 1 is 0.885 bits per heavy atom. The largest absolute Gasteiger partial charge is 0.489 e. The smallest absolute Gasteiger partial charge is 0.124 e. The third-order valence-electron chi connectivity index (χ3n) is 4.19. The summed E-state index contributed by atoms with van der Waals surface area (Å²) >= 11 is 12.4. The van der Waals surface area contributed by atoms with Crippen LogP contribution in [0.1, 0.15) is 22.3 Å². The Bertz CT molecular complexity index is 891. The summed E-state index contributed by atoms with van der Waals surface area (Å²) in [6.45, 7) is 5.18. The zero-order valence-electron chi connectivity index (χ0n) is 14.9. The second kappa shape index (κ2) is 8.48. The number of rotatable bonds is 6. The molecule has 26 heavy (non-hydrogen) atoms. The summed E-state index contributed by atoms with van der Waals surface area (Å²) in [6, 6.07) is 20.0. The Kier molecular flexibility index (Phi) is 6.08. The molecule has 0 aliphatic carbocycles. The molecule has 0 heterocycles. The van der Waals surface area contributed by atoms with Gasteiger partial charge in [0.15, 0.2) is 0 Å². The summed E-state index contributed by atoms with van der Waals surface area (Å²) in [5.74, 6) is 0.820. The van der Waals surface area contributed by atoms with Gasteiger partial charge >= 0.3 is 0 Å². The molecule has 3 aromatic rings. The van der Waals surface area contributed by atoms with E-state index >= 15 is 0 Å². The monoisotopic (exact) mass is 385 g/mol. The normalized spacial score (nSPS) is 10.6. The van der Waals surface area contributed by atoms with Crippen LogP contribution in [0.5, 0.6) is 5.75 Å². The molecule has 0 amide bonds. The molecular weight excluding hydrogens is 365 g/mol. The fourth-order valence-electron chi connectivity index (χ4n) is 2.57. The fourth-order valence-corrected chi connectivity index (χ4v) is 2.95. The van der Waals surface area contributed by atoms with Crippen LogP contribution in [-0.4, -0.2) is 0 Å². The van der Waals surface area contributed by atoms with Gasteiger partial charge in [-0.25, -0.2) is 0 Å². The van der Waals surface area contributed by atoms with Crippen molar-refractivity contribution in [2.45, 2.75) is 27.0 Å². The SMILES string of the molecule is Cc1ccc(COc2ccc(Cl)cc2CNc2ccc(C)c(Cl)c2)cc1. The molecule has 2 nitrogen and oxygen atoms in total.